The third kappa shape index (κ3) is 4.42. The Morgan fingerprint density at radius 3 is 2.80 bits per heavy atom. The van der Waals surface area contributed by atoms with Crippen LogP contribution in [0.3, 0.4) is 0 Å². The van der Waals surface area contributed by atoms with Crippen molar-refractivity contribution < 1.29 is 9.53 Å². The molecule has 1 atom stereocenters. The molecule has 0 N–H and O–H groups in total. The zero-order chi connectivity index (χ0) is 18.0. The zero-order valence-corrected chi connectivity index (χ0v) is 16.2. The Hall–Kier alpha value is -1.39. The minimum absolute atomic E-state index is 0.0415. The minimum Gasteiger partial charge on any atom is -0.379 e. The van der Waals surface area contributed by atoms with Gasteiger partial charge in [-0.25, -0.2) is 0 Å². The van der Waals surface area contributed by atoms with Gasteiger partial charge in [0.2, 0.25) is 5.91 Å². The topological polar surface area (TPSA) is 32.8 Å². The van der Waals surface area contributed by atoms with Gasteiger partial charge in [-0.15, -0.1) is 0 Å². The molecule has 2 heterocycles. The molecule has 2 saturated heterocycles. The lowest BCUT2D eigenvalue weighted by molar-refractivity contribution is -0.128. The highest BCUT2D eigenvalue weighted by molar-refractivity contribution is 5.79. The van der Waals surface area contributed by atoms with Gasteiger partial charge in [-0.2, -0.15) is 0 Å². The van der Waals surface area contributed by atoms with Gasteiger partial charge in [0, 0.05) is 44.6 Å². The van der Waals surface area contributed by atoms with Gasteiger partial charge in [-0.1, -0.05) is 37.6 Å². The SMILES string of the molecule is Cc1ccc(C)c(CN2CCOC[C@@]3(CC(=O)N(CC(C)C)C3)C2)c1. The Balaban J connectivity index is 1.73. The Bertz CT molecular complexity index is 628. The number of aryl methyl sites for hydroxylation is 2. The quantitative estimate of drug-likeness (QED) is 0.842. The third-order valence-corrected chi connectivity index (χ3v) is 5.41. The van der Waals surface area contributed by atoms with Crippen molar-refractivity contribution in [3.63, 3.8) is 0 Å². The summed E-state index contributed by atoms with van der Waals surface area (Å²) in [6.45, 7) is 14.7. The zero-order valence-electron chi connectivity index (χ0n) is 16.2. The van der Waals surface area contributed by atoms with Crippen molar-refractivity contribution in [3.8, 4) is 0 Å². The summed E-state index contributed by atoms with van der Waals surface area (Å²) >= 11 is 0. The van der Waals surface area contributed by atoms with Crippen molar-refractivity contribution in [2.45, 2.75) is 40.7 Å². The maximum absolute atomic E-state index is 12.5. The van der Waals surface area contributed by atoms with E-state index in [2.05, 4.69) is 55.7 Å². The van der Waals surface area contributed by atoms with Crippen molar-refractivity contribution >= 4 is 5.91 Å². The highest BCUT2D eigenvalue weighted by Gasteiger charge is 2.45. The average Bonchev–Trinajstić information content (AvgIpc) is 2.70. The van der Waals surface area contributed by atoms with Crippen LogP contribution in [0, 0.1) is 25.2 Å². The minimum atomic E-state index is -0.0415. The second kappa shape index (κ2) is 7.46. The normalized spacial score (nSPS) is 25.2. The van der Waals surface area contributed by atoms with E-state index in [9.17, 15) is 4.79 Å². The molecule has 138 valence electrons. The Morgan fingerprint density at radius 1 is 1.24 bits per heavy atom. The van der Waals surface area contributed by atoms with Gasteiger partial charge >= 0.3 is 0 Å². The van der Waals surface area contributed by atoms with E-state index < -0.39 is 0 Å². The first-order valence-electron chi connectivity index (χ1n) is 9.51. The molecule has 1 aromatic carbocycles. The summed E-state index contributed by atoms with van der Waals surface area (Å²) in [5.41, 5.74) is 4.00. The summed E-state index contributed by atoms with van der Waals surface area (Å²) < 4.78 is 5.94. The van der Waals surface area contributed by atoms with Crippen LogP contribution in [0.4, 0.5) is 0 Å². The summed E-state index contributed by atoms with van der Waals surface area (Å²) in [4.78, 5) is 17.0. The van der Waals surface area contributed by atoms with Crippen LogP contribution >= 0.6 is 0 Å². The lowest BCUT2D eigenvalue weighted by atomic mass is 9.87. The predicted octanol–water partition coefficient (Wildman–Crippen LogP) is 3.01. The molecule has 1 spiro atoms. The maximum Gasteiger partial charge on any atom is 0.223 e. The van der Waals surface area contributed by atoms with Crippen LogP contribution in [-0.2, 0) is 16.1 Å². The van der Waals surface area contributed by atoms with Crippen molar-refractivity contribution in [2.75, 3.05) is 39.4 Å². The monoisotopic (exact) mass is 344 g/mol. The number of benzene rings is 1. The number of carbonyl (C=O) groups is 1. The van der Waals surface area contributed by atoms with Crippen LogP contribution in [0.5, 0.6) is 0 Å². The van der Waals surface area contributed by atoms with Gasteiger partial charge < -0.3 is 9.64 Å². The van der Waals surface area contributed by atoms with Crippen molar-refractivity contribution in [2.24, 2.45) is 11.3 Å². The predicted molar refractivity (Wildman–Crippen MR) is 100 cm³/mol. The number of nitrogens with zero attached hydrogens (tertiary/aromatic N) is 2. The fraction of sp³-hybridized carbons (Fsp3) is 0.667. The Labute approximate surface area is 152 Å². The van der Waals surface area contributed by atoms with Gasteiger partial charge in [-0.05, 0) is 30.9 Å². The molecule has 1 amide bonds. The van der Waals surface area contributed by atoms with E-state index in [0.717, 1.165) is 39.3 Å². The molecular weight excluding hydrogens is 312 g/mol. The molecule has 2 fully saturated rings. The number of amides is 1. The molecule has 0 aliphatic carbocycles. The van der Waals surface area contributed by atoms with Crippen LogP contribution < -0.4 is 0 Å². The average molecular weight is 344 g/mol. The Morgan fingerprint density at radius 2 is 2.04 bits per heavy atom. The van der Waals surface area contributed by atoms with E-state index in [-0.39, 0.29) is 5.41 Å². The van der Waals surface area contributed by atoms with E-state index in [4.69, 9.17) is 4.74 Å². The first kappa shape index (κ1) is 18.4. The molecule has 0 unspecified atom stereocenters. The van der Waals surface area contributed by atoms with E-state index >= 15 is 0 Å². The summed E-state index contributed by atoms with van der Waals surface area (Å²) in [5, 5.41) is 0. The van der Waals surface area contributed by atoms with Gasteiger partial charge in [0.1, 0.15) is 0 Å². The molecule has 0 bridgehead atoms. The molecule has 0 radical (unpaired) electrons. The number of rotatable bonds is 4. The van der Waals surface area contributed by atoms with Gasteiger partial charge in [0.15, 0.2) is 0 Å². The molecule has 3 rings (SSSR count). The highest BCUT2D eigenvalue weighted by atomic mass is 16.5. The summed E-state index contributed by atoms with van der Waals surface area (Å²) in [7, 11) is 0. The fourth-order valence-corrected chi connectivity index (χ4v) is 4.22. The molecule has 0 saturated carbocycles. The third-order valence-electron chi connectivity index (χ3n) is 5.41. The van der Waals surface area contributed by atoms with Crippen molar-refractivity contribution in [3.05, 3.63) is 34.9 Å². The second-order valence-electron chi connectivity index (χ2n) is 8.54. The molecule has 4 nitrogen and oxygen atoms in total. The van der Waals surface area contributed by atoms with Crippen LogP contribution in [0.1, 0.15) is 37.0 Å². The molecule has 2 aliphatic rings. The molecule has 1 aromatic rings. The molecule has 25 heavy (non-hydrogen) atoms. The van der Waals surface area contributed by atoms with E-state index in [0.29, 0.717) is 24.9 Å². The number of likely N-dealkylation sites (tertiary alicyclic amines) is 1. The van der Waals surface area contributed by atoms with Crippen molar-refractivity contribution in [1.29, 1.82) is 0 Å². The maximum atomic E-state index is 12.5. The summed E-state index contributed by atoms with van der Waals surface area (Å²) in [5.74, 6) is 0.808. The van der Waals surface area contributed by atoms with Crippen molar-refractivity contribution in [1.82, 2.24) is 9.80 Å². The lowest BCUT2D eigenvalue weighted by Gasteiger charge is -2.32. The Kier molecular flexibility index (Phi) is 5.49. The lowest BCUT2D eigenvalue weighted by Crippen LogP contribution is -2.41. The first-order valence-corrected chi connectivity index (χ1v) is 9.51. The summed E-state index contributed by atoms with van der Waals surface area (Å²) in [6, 6.07) is 6.67. The second-order valence-corrected chi connectivity index (χ2v) is 8.54. The first-order chi connectivity index (χ1) is 11.9. The number of hydrogen-bond donors (Lipinski definition) is 0. The van der Waals surface area contributed by atoms with Gasteiger partial charge in [-0.3, -0.25) is 9.69 Å². The standard InChI is InChI=1S/C21H32N2O2/c1-16(2)11-23-14-21(10-20(23)24)13-22(7-8-25-15-21)12-19-9-17(3)5-6-18(19)4/h5-6,9,16H,7-8,10-15H2,1-4H3/t21-/m0/s1. The molecule has 4 heteroatoms. The van der Waals surface area contributed by atoms with Crippen LogP contribution in [0.25, 0.3) is 0 Å². The molecule has 2 aliphatic heterocycles. The van der Waals surface area contributed by atoms with E-state index in [1.54, 1.807) is 0 Å². The smallest absolute Gasteiger partial charge is 0.223 e. The van der Waals surface area contributed by atoms with Gasteiger partial charge in [0.05, 0.1) is 13.2 Å². The van der Waals surface area contributed by atoms with E-state index in [1.165, 1.54) is 16.7 Å². The largest absolute Gasteiger partial charge is 0.379 e. The van der Waals surface area contributed by atoms with Crippen LogP contribution in [-0.4, -0.2) is 55.1 Å². The number of hydrogen-bond acceptors (Lipinski definition) is 3. The van der Waals surface area contributed by atoms with Crippen LogP contribution in [0.2, 0.25) is 0 Å². The number of carbonyl (C=O) groups excluding carboxylic acids is 1. The summed E-state index contributed by atoms with van der Waals surface area (Å²) in [6.07, 6.45) is 0.628. The highest BCUT2D eigenvalue weighted by Crippen LogP contribution is 2.35. The molecule has 0 aromatic heterocycles. The van der Waals surface area contributed by atoms with E-state index in [1.807, 2.05) is 0 Å². The molecular formula is C21H32N2O2. The van der Waals surface area contributed by atoms with Gasteiger partial charge in [0.25, 0.3) is 0 Å². The number of ether oxygens (including phenoxy) is 1. The van der Waals surface area contributed by atoms with Crippen LogP contribution in [0.15, 0.2) is 18.2 Å². The fourth-order valence-electron chi connectivity index (χ4n) is 4.22.